The molecule has 0 atom stereocenters. The first kappa shape index (κ1) is 23.7. The van der Waals surface area contributed by atoms with Crippen molar-refractivity contribution < 1.29 is 5.11 Å². The van der Waals surface area contributed by atoms with Crippen LogP contribution in [0.15, 0.2) is 58.5 Å². The van der Waals surface area contributed by atoms with Gasteiger partial charge in [0.25, 0.3) is 0 Å². The van der Waals surface area contributed by atoms with E-state index in [0.717, 1.165) is 25.6 Å². The van der Waals surface area contributed by atoms with Gasteiger partial charge >= 0.3 is 0 Å². The van der Waals surface area contributed by atoms with Gasteiger partial charge in [0.05, 0.1) is 0 Å². The quantitative estimate of drug-likeness (QED) is 0.695. The third-order valence-electron chi connectivity index (χ3n) is 4.35. The van der Waals surface area contributed by atoms with Gasteiger partial charge < -0.3 is 16.6 Å². The van der Waals surface area contributed by atoms with Crippen molar-refractivity contribution >= 4 is 17.6 Å². The zero-order valence-electron chi connectivity index (χ0n) is 17.6. The van der Waals surface area contributed by atoms with Crippen LogP contribution >= 0.6 is 0 Å². The highest BCUT2D eigenvalue weighted by molar-refractivity contribution is 6.05. The summed E-state index contributed by atoms with van der Waals surface area (Å²) in [7, 11) is 1.00. The Bertz CT molecular complexity index is 884. The summed E-state index contributed by atoms with van der Waals surface area (Å²) in [5.74, 6) is 0.586. The molecular formula is C23H31N5O. The molecular weight excluding hydrogens is 362 g/mol. The number of guanidine groups is 2. The highest BCUT2D eigenvalue weighted by atomic mass is 16.2. The molecule has 1 aliphatic rings. The van der Waals surface area contributed by atoms with Crippen molar-refractivity contribution in [3.8, 4) is 12.8 Å². The van der Waals surface area contributed by atoms with Gasteiger partial charge in [-0.2, -0.15) is 4.99 Å². The van der Waals surface area contributed by atoms with Gasteiger partial charge in [0.1, 0.15) is 5.66 Å². The summed E-state index contributed by atoms with van der Waals surface area (Å²) in [6.07, 6.45) is 9.97. The molecule has 0 amide bonds. The lowest BCUT2D eigenvalue weighted by Gasteiger charge is -2.38. The number of aliphatic imine (C=N–C) groups is 2. The molecule has 0 spiro atoms. The Balaban J connectivity index is 0.000000989. The van der Waals surface area contributed by atoms with E-state index < -0.39 is 5.66 Å². The van der Waals surface area contributed by atoms with Gasteiger partial charge in [-0.25, -0.2) is 4.99 Å². The number of aliphatic hydroxyl groups excluding tert-OH is 1. The van der Waals surface area contributed by atoms with E-state index in [4.69, 9.17) is 16.6 Å². The van der Waals surface area contributed by atoms with Gasteiger partial charge in [0, 0.05) is 12.8 Å². The molecule has 0 fully saturated rings. The fourth-order valence-electron chi connectivity index (χ4n) is 3.26. The largest absolute Gasteiger partial charge is 0.400 e. The number of hydrogen-bond donors (Lipinski definition) is 3. The van der Waals surface area contributed by atoms with Gasteiger partial charge in [0.15, 0.2) is 0 Å². The Hall–Kier alpha value is -3.30. The SMILES string of the molecule is C#C.CO.Cc1cccc(CCc2cccc(N3C(N)=NC(N)=NC3(C)C)c2)c1. The van der Waals surface area contributed by atoms with Crippen LogP contribution in [0.1, 0.15) is 30.5 Å². The van der Waals surface area contributed by atoms with Crippen molar-refractivity contribution in [3.63, 3.8) is 0 Å². The van der Waals surface area contributed by atoms with Crippen LogP contribution in [0, 0.1) is 19.8 Å². The second-order valence-electron chi connectivity index (χ2n) is 6.93. The van der Waals surface area contributed by atoms with E-state index in [9.17, 15) is 0 Å². The van der Waals surface area contributed by atoms with Gasteiger partial charge in [-0.05, 0) is 56.9 Å². The molecule has 6 heteroatoms. The number of rotatable bonds is 4. The lowest BCUT2D eigenvalue weighted by molar-refractivity contribution is 0.399. The molecule has 29 heavy (non-hydrogen) atoms. The molecule has 3 rings (SSSR count). The summed E-state index contributed by atoms with van der Waals surface area (Å²) in [4.78, 5) is 10.4. The second-order valence-corrected chi connectivity index (χ2v) is 6.93. The average Bonchev–Trinajstić information content (AvgIpc) is 2.68. The molecule has 0 radical (unpaired) electrons. The monoisotopic (exact) mass is 393 g/mol. The van der Waals surface area contributed by atoms with Crippen LogP contribution < -0.4 is 16.4 Å². The number of aryl methyl sites for hydroxylation is 3. The lowest BCUT2D eigenvalue weighted by atomic mass is 10.0. The molecule has 0 saturated heterocycles. The number of hydrogen-bond acceptors (Lipinski definition) is 6. The summed E-state index contributed by atoms with van der Waals surface area (Å²) in [6, 6.07) is 17.0. The zero-order valence-corrected chi connectivity index (χ0v) is 17.6. The van der Waals surface area contributed by atoms with Crippen LogP contribution in [0.4, 0.5) is 5.69 Å². The number of benzene rings is 2. The fraction of sp³-hybridized carbons (Fsp3) is 0.304. The molecule has 2 aromatic rings. The first-order valence-corrected chi connectivity index (χ1v) is 9.27. The van der Waals surface area contributed by atoms with Crippen molar-refractivity contribution in [2.75, 3.05) is 12.0 Å². The van der Waals surface area contributed by atoms with Crippen LogP contribution in [0.3, 0.4) is 0 Å². The minimum Gasteiger partial charge on any atom is -0.400 e. The highest BCUT2D eigenvalue weighted by Crippen LogP contribution is 2.28. The number of nitrogens with zero attached hydrogens (tertiary/aromatic N) is 3. The maximum Gasteiger partial charge on any atom is 0.220 e. The molecule has 2 aromatic carbocycles. The molecule has 0 bridgehead atoms. The molecule has 5 N–H and O–H groups in total. The fourth-order valence-corrected chi connectivity index (χ4v) is 3.26. The molecule has 1 heterocycles. The summed E-state index contributed by atoms with van der Waals surface area (Å²) in [5, 5.41) is 7.00. The normalized spacial score (nSPS) is 14.4. The van der Waals surface area contributed by atoms with Gasteiger partial charge in [-0.1, -0.05) is 42.0 Å². The van der Waals surface area contributed by atoms with Crippen LogP contribution in [-0.4, -0.2) is 29.8 Å². The smallest absolute Gasteiger partial charge is 0.220 e. The van der Waals surface area contributed by atoms with Crippen molar-refractivity contribution in [1.29, 1.82) is 0 Å². The summed E-state index contributed by atoms with van der Waals surface area (Å²) >= 11 is 0. The molecule has 1 aliphatic heterocycles. The topological polar surface area (TPSA) is 100 Å². The zero-order chi connectivity index (χ0) is 22.0. The Morgan fingerprint density at radius 2 is 1.52 bits per heavy atom. The van der Waals surface area contributed by atoms with E-state index in [1.807, 2.05) is 30.9 Å². The number of nitrogens with two attached hydrogens (primary N) is 2. The van der Waals surface area contributed by atoms with Gasteiger partial charge in [-0.15, -0.1) is 12.8 Å². The predicted octanol–water partition coefficient (Wildman–Crippen LogP) is 2.82. The minimum atomic E-state index is -0.564. The van der Waals surface area contributed by atoms with Crippen molar-refractivity contribution in [2.45, 2.75) is 39.3 Å². The first-order valence-electron chi connectivity index (χ1n) is 9.27. The van der Waals surface area contributed by atoms with E-state index in [0.29, 0.717) is 5.96 Å². The van der Waals surface area contributed by atoms with Crippen molar-refractivity contribution in [1.82, 2.24) is 0 Å². The molecule has 0 aliphatic carbocycles. The minimum absolute atomic E-state index is 0.217. The van der Waals surface area contributed by atoms with Crippen LogP contribution in [0.5, 0.6) is 0 Å². The first-order chi connectivity index (χ1) is 13.8. The maximum absolute atomic E-state index is 7.00. The van der Waals surface area contributed by atoms with E-state index in [1.165, 1.54) is 16.7 Å². The van der Waals surface area contributed by atoms with Crippen LogP contribution in [0.25, 0.3) is 0 Å². The molecule has 0 aromatic heterocycles. The Morgan fingerprint density at radius 1 is 0.966 bits per heavy atom. The number of anilines is 1. The molecule has 0 unspecified atom stereocenters. The summed E-state index contributed by atoms with van der Waals surface area (Å²) in [6.45, 7) is 6.07. The van der Waals surface area contributed by atoms with Gasteiger partial charge in [-0.3, -0.25) is 4.90 Å². The van der Waals surface area contributed by atoms with E-state index >= 15 is 0 Å². The van der Waals surface area contributed by atoms with Crippen LogP contribution in [0.2, 0.25) is 0 Å². The third kappa shape index (κ3) is 6.37. The van der Waals surface area contributed by atoms with Gasteiger partial charge in [0.2, 0.25) is 11.9 Å². The van der Waals surface area contributed by atoms with Crippen LogP contribution in [-0.2, 0) is 12.8 Å². The Morgan fingerprint density at radius 3 is 2.07 bits per heavy atom. The summed E-state index contributed by atoms with van der Waals surface area (Å²) in [5.41, 5.74) is 16.2. The lowest BCUT2D eigenvalue weighted by Crippen LogP contribution is -2.54. The molecule has 0 saturated carbocycles. The Labute approximate surface area is 174 Å². The predicted molar refractivity (Wildman–Crippen MR) is 123 cm³/mol. The average molecular weight is 394 g/mol. The highest BCUT2D eigenvalue weighted by Gasteiger charge is 2.32. The Kier molecular flexibility index (Phi) is 8.91. The third-order valence-corrected chi connectivity index (χ3v) is 4.35. The van der Waals surface area contributed by atoms with E-state index in [2.05, 4.69) is 66.2 Å². The maximum atomic E-state index is 7.00. The number of aliphatic hydroxyl groups is 1. The van der Waals surface area contributed by atoms with Crippen molar-refractivity contribution in [3.05, 3.63) is 65.2 Å². The number of terminal acetylenes is 1. The van der Waals surface area contributed by atoms with Crippen molar-refractivity contribution in [2.24, 2.45) is 21.5 Å². The molecule has 6 nitrogen and oxygen atoms in total. The second kappa shape index (κ2) is 10.9. The molecule has 154 valence electrons. The standard InChI is InChI=1S/C20H25N5.C2H2.CH4O/c1-14-6-4-7-15(12-14)10-11-16-8-5-9-17(13-16)25-19(22)23-18(21)24-20(25,2)3;2*1-2/h4-9,12-13H,10-11H2,1-3H3,(H4,21,22,23,24);1-2H;2H,1H3. The van der Waals surface area contributed by atoms with E-state index in [1.54, 1.807) is 0 Å². The summed E-state index contributed by atoms with van der Waals surface area (Å²) < 4.78 is 0. The van der Waals surface area contributed by atoms with E-state index in [-0.39, 0.29) is 5.96 Å².